The van der Waals surface area contributed by atoms with Gasteiger partial charge in [0.15, 0.2) is 0 Å². The van der Waals surface area contributed by atoms with E-state index >= 15 is 0 Å². The lowest BCUT2D eigenvalue weighted by molar-refractivity contribution is 1.11. The molecular weight excluding hydrogens is 1040 g/mol. The van der Waals surface area contributed by atoms with E-state index in [0.29, 0.717) is 0 Å². The van der Waals surface area contributed by atoms with Gasteiger partial charge in [0.05, 0.1) is 22.4 Å². The molecule has 2 aromatic heterocycles. The highest BCUT2D eigenvalue weighted by atomic mass is 15.1. The Bertz CT molecular complexity index is 4370. The number of anilines is 6. The van der Waals surface area contributed by atoms with Crippen molar-refractivity contribution < 1.29 is 0 Å². The third-order valence-electron chi connectivity index (χ3n) is 16.5. The maximum atomic E-state index is 2.55. The first kappa shape index (κ1) is 51.4. The normalized spacial score (nSPS) is 11.3. The van der Waals surface area contributed by atoms with Crippen LogP contribution in [-0.4, -0.2) is 9.13 Å². The second-order valence-corrected chi connectivity index (χ2v) is 21.6. The quantitative estimate of drug-likeness (QED) is 0.108. The summed E-state index contributed by atoms with van der Waals surface area (Å²) in [4.78, 5) is 4.62. The molecule has 0 aliphatic carbocycles. The van der Waals surface area contributed by atoms with Crippen molar-refractivity contribution in [1.29, 1.82) is 0 Å². The summed E-state index contributed by atoms with van der Waals surface area (Å²) >= 11 is 0. The van der Waals surface area contributed by atoms with Gasteiger partial charge in [0.25, 0.3) is 0 Å². The molecule has 0 fully saturated rings. The first-order chi connectivity index (χ1) is 42.7. The predicted molar refractivity (Wildman–Crippen MR) is 362 cm³/mol. The topological polar surface area (TPSA) is 16.3 Å². The molecule has 0 N–H and O–H groups in total. The summed E-state index contributed by atoms with van der Waals surface area (Å²) in [7, 11) is 0. The third kappa shape index (κ3) is 9.51. The summed E-state index contributed by atoms with van der Waals surface area (Å²) < 4.78 is 5.09. The summed E-state index contributed by atoms with van der Waals surface area (Å²) in [5.74, 6) is 0. The van der Waals surface area contributed by atoms with Crippen LogP contribution in [0.25, 0.3) is 100 Å². The number of hydrogen-bond acceptors (Lipinski definition) is 2. The minimum absolute atomic E-state index is 1.07. The monoisotopic (exact) mass is 1100 g/mol. The molecule has 15 aromatic rings. The van der Waals surface area contributed by atoms with Crippen LogP contribution in [0.15, 0.2) is 352 Å². The van der Waals surface area contributed by atoms with Crippen LogP contribution in [0.1, 0.15) is 0 Å². The number of aromatic nitrogens is 2. The summed E-state index contributed by atoms with van der Waals surface area (Å²) in [5, 5.41) is 2.33. The van der Waals surface area contributed by atoms with E-state index < -0.39 is 0 Å². The predicted octanol–water partition coefficient (Wildman–Crippen LogP) is 22.5. The van der Waals surface area contributed by atoms with E-state index in [1.807, 2.05) is 0 Å². The molecule has 0 saturated heterocycles. The average molecular weight is 1100 g/mol. The molecule has 0 atom stereocenters. The van der Waals surface area contributed by atoms with E-state index in [1.165, 1.54) is 21.9 Å². The van der Waals surface area contributed by atoms with Crippen LogP contribution in [0.3, 0.4) is 0 Å². The second kappa shape index (κ2) is 22.7. The Balaban J connectivity index is 0.934. The van der Waals surface area contributed by atoms with Crippen molar-refractivity contribution in [2.75, 3.05) is 9.80 Å². The number of rotatable bonds is 14. The van der Waals surface area contributed by atoms with Crippen LogP contribution in [0.4, 0.5) is 34.1 Å². The number of nitrogens with zero attached hydrogens (tertiary/aromatic N) is 4. The van der Waals surface area contributed by atoms with Crippen molar-refractivity contribution >= 4 is 55.9 Å². The summed E-state index contributed by atoms with van der Waals surface area (Å²) in [5.41, 5.74) is 24.8. The lowest BCUT2D eigenvalue weighted by Crippen LogP contribution is -2.09. The van der Waals surface area contributed by atoms with Gasteiger partial charge in [-0.1, -0.05) is 255 Å². The molecule has 86 heavy (non-hydrogen) atoms. The number of para-hydroxylation sites is 4. The fourth-order valence-electron chi connectivity index (χ4n) is 12.6. The van der Waals surface area contributed by atoms with E-state index in [9.17, 15) is 0 Å². The van der Waals surface area contributed by atoms with Crippen molar-refractivity contribution in [3.8, 4) is 78.4 Å². The third-order valence-corrected chi connectivity index (χ3v) is 16.5. The van der Waals surface area contributed by atoms with Gasteiger partial charge in [0, 0.05) is 67.4 Å². The minimum atomic E-state index is 1.07. The number of hydrogen-bond donors (Lipinski definition) is 0. The molecule has 13 aromatic carbocycles. The first-order valence-corrected chi connectivity index (χ1v) is 29.4. The molecule has 0 spiro atoms. The molecule has 0 amide bonds. The lowest BCUT2D eigenvalue weighted by Gasteiger charge is -2.25. The van der Waals surface area contributed by atoms with Gasteiger partial charge in [0.2, 0.25) is 0 Å². The maximum absolute atomic E-state index is 2.55. The molecular formula is C82H58N4. The van der Waals surface area contributed by atoms with Gasteiger partial charge in [-0.15, -0.1) is 0 Å². The van der Waals surface area contributed by atoms with Gasteiger partial charge in [-0.05, 0) is 142 Å². The van der Waals surface area contributed by atoms with E-state index in [0.717, 1.165) is 112 Å². The van der Waals surface area contributed by atoms with Crippen LogP contribution < -0.4 is 9.80 Å². The zero-order chi connectivity index (χ0) is 57.2. The molecule has 0 radical (unpaired) electrons. The average Bonchev–Trinajstić information content (AvgIpc) is 1.57. The van der Waals surface area contributed by atoms with Gasteiger partial charge in [-0.25, -0.2) is 0 Å². The van der Waals surface area contributed by atoms with Crippen molar-refractivity contribution in [1.82, 2.24) is 9.13 Å². The second-order valence-electron chi connectivity index (χ2n) is 21.6. The molecule has 4 heteroatoms. The zero-order valence-corrected chi connectivity index (χ0v) is 47.3. The Kier molecular flexibility index (Phi) is 13.6. The Morgan fingerprint density at radius 1 is 0.174 bits per heavy atom. The maximum Gasteiger partial charge on any atom is 0.0789 e. The fourth-order valence-corrected chi connectivity index (χ4v) is 12.6. The van der Waals surface area contributed by atoms with Crippen molar-refractivity contribution in [2.24, 2.45) is 0 Å². The number of benzene rings is 13. The Morgan fingerprint density at radius 2 is 0.395 bits per heavy atom. The fraction of sp³-hybridized carbons (Fsp3) is 0. The molecule has 15 rings (SSSR count). The van der Waals surface area contributed by atoms with Crippen molar-refractivity contribution in [3.63, 3.8) is 0 Å². The van der Waals surface area contributed by atoms with Crippen LogP contribution in [-0.2, 0) is 0 Å². The molecule has 0 bridgehead atoms. The smallest absolute Gasteiger partial charge is 0.0789 e. The van der Waals surface area contributed by atoms with Crippen LogP contribution in [0, 0.1) is 0 Å². The molecule has 406 valence electrons. The van der Waals surface area contributed by atoms with E-state index in [2.05, 4.69) is 371 Å². The molecule has 0 aliphatic heterocycles. The van der Waals surface area contributed by atoms with Gasteiger partial charge in [-0.2, -0.15) is 0 Å². The summed E-state index contributed by atoms with van der Waals surface area (Å²) in [6.07, 6.45) is 0. The molecule has 0 unspecified atom stereocenters. The molecule has 0 saturated carbocycles. The summed E-state index contributed by atoms with van der Waals surface area (Å²) in [6, 6.07) is 127. The van der Waals surface area contributed by atoms with Gasteiger partial charge in [-0.3, -0.25) is 0 Å². The zero-order valence-electron chi connectivity index (χ0n) is 47.3. The highest BCUT2D eigenvalue weighted by Crippen LogP contribution is 2.51. The number of fused-ring (bicyclic) bond motifs is 3. The summed E-state index contributed by atoms with van der Waals surface area (Å²) in [6.45, 7) is 0. The van der Waals surface area contributed by atoms with Crippen LogP contribution >= 0.6 is 0 Å². The van der Waals surface area contributed by atoms with E-state index in [1.54, 1.807) is 0 Å². The van der Waals surface area contributed by atoms with Gasteiger partial charge < -0.3 is 18.9 Å². The van der Waals surface area contributed by atoms with Gasteiger partial charge in [0.1, 0.15) is 0 Å². The molecule has 2 heterocycles. The van der Waals surface area contributed by atoms with E-state index in [4.69, 9.17) is 0 Å². The SMILES string of the molecule is c1ccc(-c2c(-c3ccccc3)n(-c3ccc(-c4ccc(N(c5ccccc5)c5ccccc5)cc4)cc3)c3c2ccc2c(-c4ccccc4)c(-c4ccccc4)n(-c4ccc(-c5ccc(N(c6ccccc6)c6ccccc6)cc5)cc4)c23)cc1. The lowest BCUT2D eigenvalue weighted by atomic mass is 9.96. The van der Waals surface area contributed by atoms with Crippen molar-refractivity contribution in [3.05, 3.63) is 352 Å². The van der Waals surface area contributed by atoms with E-state index in [-0.39, 0.29) is 0 Å². The largest absolute Gasteiger partial charge is 0.311 e. The highest BCUT2D eigenvalue weighted by molar-refractivity contribution is 6.20. The highest BCUT2D eigenvalue weighted by Gasteiger charge is 2.29. The Hall–Kier alpha value is -11.5. The van der Waals surface area contributed by atoms with Crippen LogP contribution in [0.5, 0.6) is 0 Å². The van der Waals surface area contributed by atoms with Crippen molar-refractivity contribution in [2.45, 2.75) is 0 Å². The molecule has 4 nitrogen and oxygen atoms in total. The standard InChI is InChI=1S/C82H58N4/c1-9-25-63(26-10-1)77-75-57-58-76-78(64-27-11-2-12-28-64)80(66-31-15-4-16-32-66)86(74-55-47-62(48-56-74)60-43-51-72(52-44-60)84(69-37-21-7-22-38-69)70-39-23-8-24-40-70)82(76)81(75)85(79(77)65-29-13-3-14-30-65)73-53-45-61(46-54-73)59-41-49-71(50-42-59)83(67-33-17-5-18-34-67)68-35-19-6-20-36-68/h1-58H. The molecule has 0 aliphatic rings. The Labute approximate surface area is 502 Å². The first-order valence-electron chi connectivity index (χ1n) is 29.4. The van der Waals surface area contributed by atoms with Gasteiger partial charge >= 0.3 is 0 Å². The Morgan fingerprint density at radius 3 is 0.663 bits per heavy atom. The minimum Gasteiger partial charge on any atom is -0.311 e. The van der Waals surface area contributed by atoms with Crippen LogP contribution in [0.2, 0.25) is 0 Å².